The molecule has 160 valence electrons. The van der Waals surface area contributed by atoms with Crippen LogP contribution >= 0.6 is 11.6 Å². The number of amides is 1. The van der Waals surface area contributed by atoms with E-state index in [9.17, 15) is 4.79 Å². The molecule has 1 aliphatic carbocycles. The van der Waals surface area contributed by atoms with Gasteiger partial charge in [0.25, 0.3) is 5.91 Å². The lowest BCUT2D eigenvalue weighted by atomic mass is 9.75. The van der Waals surface area contributed by atoms with E-state index in [1.807, 2.05) is 50.2 Å². The van der Waals surface area contributed by atoms with E-state index >= 15 is 0 Å². The first kappa shape index (κ1) is 21.2. The van der Waals surface area contributed by atoms with Gasteiger partial charge in [-0.1, -0.05) is 49.7 Å². The minimum absolute atomic E-state index is 0.0220. The number of hydrogen-bond donors (Lipinski definition) is 2. The number of para-hydroxylation sites is 1. The summed E-state index contributed by atoms with van der Waals surface area (Å²) in [7, 11) is 0. The highest BCUT2D eigenvalue weighted by molar-refractivity contribution is 6.31. The topological polar surface area (TPSA) is 66.6 Å². The summed E-state index contributed by atoms with van der Waals surface area (Å²) in [4.78, 5) is 13.1. The molecular formula is C25H26ClN3O2. The molecule has 0 spiro atoms. The number of fused-ring (bicyclic) bond motifs is 1. The number of furan rings is 1. The molecule has 0 unspecified atom stereocenters. The Morgan fingerprint density at radius 2 is 1.84 bits per heavy atom. The standard InChI is InChI=1S/C25H26ClN3O2/c1-15-10-11-17(26)12-19(15)27-24(30)23-16(2)22-20(13-25(3,4)14-21(22)31-23)29-28-18-8-6-5-7-9-18/h5-12,28H,13-14H2,1-4H3,(H,27,30)/b29-20-. The van der Waals surface area contributed by atoms with Crippen molar-refractivity contribution in [2.75, 3.05) is 10.7 Å². The van der Waals surface area contributed by atoms with Crippen molar-refractivity contribution < 1.29 is 9.21 Å². The lowest BCUT2D eigenvalue weighted by Crippen LogP contribution is -2.27. The first-order valence-corrected chi connectivity index (χ1v) is 10.7. The molecule has 4 rings (SSSR count). The molecule has 5 nitrogen and oxygen atoms in total. The molecule has 1 aliphatic rings. The minimum atomic E-state index is -0.287. The van der Waals surface area contributed by atoms with Crippen molar-refractivity contribution in [3.63, 3.8) is 0 Å². The highest BCUT2D eigenvalue weighted by atomic mass is 35.5. The molecule has 0 aliphatic heterocycles. The smallest absolute Gasteiger partial charge is 0.291 e. The number of halogens is 1. The summed E-state index contributed by atoms with van der Waals surface area (Å²) in [6.45, 7) is 8.20. The highest BCUT2D eigenvalue weighted by Crippen LogP contribution is 2.39. The Balaban J connectivity index is 1.68. The van der Waals surface area contributed by atoms with Crippen molar-refractivity contribution in [2.45, 2.75) is 40.5 Å². The summed E-state index contributed by atoms with van der Waals surface area (Å²) in [5, 5.41) is 8.20. The third-order valence-electron chi connectivity index (χ3n) is 5.54. The maximum atomic E-state index is 13.1. The molecule has 2 N–H and O–H groups in total. The zero-order valence-corrected chi connectivity index (χ0v) is 18.9. The van der Waals surface area contributed by atoms with Crippen LogP contribution in [0.25, 0.3) is 0 Å². The van der Waals surface area contributed by atoms with E-state index in [1.54, 1.807) is 12.1 Å². The van der Waals surface area contributed by atoms with Gasteiger partial charge >= 0.3 is 0 Å². The summed E-state index contributed by atoms with van der Waals surface area (Å²) in [5.74, 6) is 0.829. The van der Waals surface area contributed by atoms with E-state index in [0.717, 1.165) is 46.7 Å². The first-order chi connectivity index (χ1) is 14.7. The molecule has 1 aromatic heterocycles. The van der Waals surface area contributed by atoms with Crippen LogP contribution in [0, 0.1) is 19.3 Å². The Labute approximate surface area is 187 Å². The van der Waals surface area contributed by atoms with Gasteiger partial charge in [0, 0.05) is 28.3 Å². The SMILES string of the molecule is Cc1ccc(Cl)cc1NC(=O)c1oc2c(c1C)/C(=N\Nc1ccccc1)CC(C)(C)C2. The van der Waals surface area contributed by atoms with Crippen LogP contribution in [0.4, 0.5) is 11.4 Å². The Kier molecular flexibility index (Phi) is 5.63. The third kappa shape index (κ3) is 4.52. The first-order valence-electron chi connectivity index (χ1n) is 10.3. The number of nitrogens with zero attached hydrogens (tertiary/aromatic N) is 1. The molecule has 0 radical (unpaired) electrons. The predicted molar refractivity (Wildman–Crippen MR) is 126 cm³/mol. The van der Waals surface area contributed by atoms with Crippen LogP contribution < -0.4 is 10.7 Å². The van der Waals surface area contributed by atoms with Gasteiger partial charge < -0.3 is 9.73 Å². The van der Waals surface area contributed by atoms with E-state index < -0.39 is 0 Å². The van der Waals surface area contributed by atoms with Crippen molar-refractivity contribution in [1.82, 2.24) is 0 Å². The van der Waals surface area contributed by atoms with E-state index in [-0.39, 0.29) is 11.3 Å². The highest BCUT2D eigenvalue weighted by Gasteiger charge is 2.36. The Hall–Kier alpha value is -3.05. The maximum Gasteiger partial charge on any atom is 0.291 e. The lowest BCUT2D eigenvalue weighted by Gasteiger charge is -2.29. The molecule has 0 fully saturated rings. The molecule has 1 heterocycles. The Morgan fingerprint density at radius 1 is 1.10 bits per heavy atom. The van der Waals surface area contributed by atoms with Gasteiger partial charge in [0.2, 0.25) is 0 Å². The number of hydrazone groups is 1. The van der Waals surface area contributed by atoms with Crippen LogP contribution in [0.2, 0.25) is 5.02 Å². The van der Waals surface area contributed by atoms with Gasteiger partial charge in [-0.25, -0.2) is 0 Å². The number of rotatable bonds is 4. The molecule has 0 saturated carbocycles. The van der Waals surface area contributed by atoms with Gasteiger partial charge in [0.1, 0.15) is 5.76 Å². The van der Waals surface area contributed by atoms with E-state index in [1.165, 1.54) is 0 Å². The van der Waals surface area contributed by atoms with Gasteiger partial charge in [-0.15, -0.1) is 0 Å². The molecule has 0 saturated heterocycles. The van der Waals surface area contributed by atoms with Crippen LogP contribution in [-0.4, -0.2) is 11.6 Å². The molecule has 1 amide bonds. The number of aryl methyl sites for hydroxylation is 1. The molecule has 2 aromatic carbocycles. The van der Waals surface area contributed by atoms with Crippen LogP contribution in [-0.2, 0) is 6.42 Å². The monoisotopic (exact) mass is 435 g/mol. The van der Waals surface area contributed by atoms with Gasteiger partial charge in [0.05, 0.1) is 11.4 Å². The van der Waals surface area contributed by atoms with Crippen molar-refractivity contribution in [1.29, 1.82) is 0 Å². The van der Waals surface area contributed by atoms with E-state index in [0.29, 0.717) is 16.5 Å². The van der Waals surface area contributed by atoms with E-state index in [4.69, 9.17) is 21.1 Å². The number of carbonyl (C=O) groups excluding carboxylic acids is 1. The van der Waals surface area contributed by atoms with Crippen LogP contribution in [0.15, 0.2) is 58.0 Å². The fraction of sp³-hybridized carbons (Fsp3) is 0.280. The van der Waals surface area contributed by atoms with Crippen LogP contribution in [0.1, 0.15) is 53.3 Å². The second-order valence-electron chi connectivity index (χ2n) is 8.82. The molecule has 0 atom stereocenters. The van der Waals surface area contributed by atoms with Crippen molar-refractivity contribution in [3.05, 3.63) is 81.8 Å². The van der Waals surface area contributed by atoms with E-state index in [2.05, 4.69) is 24.6 Å². The van der Waals surface area contributed by atoms with Crippen LogP contribution in [0.3, 0.4) is 0 Å². The van der Waals surface area contributed by atoms with Crippen molar-refractivity contribution in [3.8, 4) is 0 Å². The number of anilines is 2. The molecule has 3 aromatic rings. The number of carbonyl (C=O) groups is 1. The fourth-order valence-corrected chi connectivity index (χ4v) is 4.15. The summed E-state index contributed by atoms with van der Waals surface area (Å²) in [6.07, 6.45) is 1.53. The van der Waals surface area contributed by atoms with Gasteiger partial charge in [-0.2, -0.15) is 5.10 Å². The normalized spacial score (nSPS) is 16.1. The average molecular weight is 436 g/mol. The number of hydrogen-bond acceptors (Lipinski definition) is 4. The third-order valence-corrected chi connectivity index (χ3v) is 5.78. The summed E-state index contributed by atoms with van der Waals surface area (Å²) >= 11 is 6.10. The number of nitrogens with one attached hydrogen (secondary N) is 2. The maximum absolute atomic E-state index is 13.1. The zero-order valence-electron chi connectivity index (χ0n) is 18.2. The summed E-state index contributed by atoms with van der Waals surface area (Å²) in [5.41, 5.74) is 8.27. The van der Waals surface area contributed by atoms with Gasteiger partial charge in [-0.05, 0) is 55.5 Å². The number of benzene rings is 2. The summed E-state index contributed by atoms with van der Waals surface area (Å²) in [6, 6.07) is 15.2. The van der Waals surface area contributed by atoms with Crippen LogP contribution in [0.5, 0.6) is 0 Å². The van der Waals surface area contributed by atoms with Crippen molar-refractivity contribution in [2.24, 2.45) is 10.5 Å². The molecule has 6 heteroatoms. The minimum Gasteiger partial charge on any atom is -0.455 e. The second-order valence-corrected chi connectivity index (χ2v) is 9.26. The van der Waals surface area contributed by atoms with Gasteiger partial charge in [-0.3, -0.25) is 10.2 Å². The quantitative estimate of drug-likeness (QED) is 0.454. The Morgan fingerprint density at radius 3 is 2.58 bits per heavy atom. The zero-order chi connectivity index (χ0) is 22.2. The molecular weight excluding hydrogens is 410 g/mol. The average Bonchev–Trinajstić information content (AvgIpc) is 3.05. The lowest BCUT2D eigenvalue weighted by molar-refractivity contribution is 0.0992. The largest absolute Gasteiger partial charge is 0.455 e. The second kappa shape index (κ2) is 8.23. The molecule has 0 bridgehead atoms. The van der Waals surface area contributed by atoms with Crippen molar-refractivity contribution >= 4 is 34.6 Å². The predicted octanol–water partition coefficient (Wildman–Crippen LogP) is 6.59. The Bertz CT molecular complexity index is 1160. The van der Waals surface area contributed by atoms with Gasteiger partial charge in [0.15, 0.2) is 5.76 Å². The summed E-state index contributed by atoms with van der Waals surface area (Å²) < 4.78 is 6.11. The fourth-order valence-electron chi connectivity index (χ4n) is 3.98. The molecule has 31 heavy (non-hydrogen) atoms.